The van der Waals surface area contributed by atoms with E-state index in [1.165, 1.54) is 6.33 Å². The molecule has 14 heavy (non-hydrogen) atoms. The number of hydrogen-bond acceptors (Lipinski definition) is 3. The molecule has 3 nitrogen and oxygen atoms in total. The van der Waals surface area contributed by atoms with Crippen molar-refractivity contribution in [1.29, 1.82) is 5.26 Å². The summed E-state index contributed by atoms with van der Waals surface area (Å²) in [6, 6.07) is 2.35. The van der Waals surface area contributed by atoms with Crippen LogP contribution < -0.4 is 0 Å². The fourth-order valence-electron chi connectivity index (χ4n) is 1.38. The fraction of sp³-hybridized carbons (Fsp3) is 0.545. The van der Waals surface area contributed by atoms with Gasteiger partial charge in [-0.2, -0.15) is 5.26 Å². The zero-order chi connectivity index (χ0) is 10.4. The van der Waals surface area contributed by atoms with Gasteiger partial charge in [-0.05, 0) is 13.3 Å². The summed E-state index contributed by atoms with van der Waals surface area (Å²) >= 11 is 0. The Morgan fingerprint density at radius 1 is 1.43 bits per heavy atom. The van der Waals surface area contributed by atoms with E-state index >= 15 is 0 Å². The third-order valence-corrected chi connectivity index (χ3v) is 2.47. The first-order valence-electron chi connectivity index (χ1n) is 4.89. The maximum absolute atomic E-state index is 9.16. The first-order chi connectivity index (χ1) is 6.73. The molecule has 0 amide bonds. The number of nitriles is 1. The van der Waals surface area contributed by atoms with Gasteiger partial charge < -0.3 is 0 Å². The summed E-state index contributed by atoms with van der Waals surface area (Å²) in [5.74, 6) is 0. The lowest BCUT2D eigenvalue weighted by Gasteiger charge is -2.20. The number of aromatic nitrogens is 2. The molecule has 1 heterocycles. The van der Waals surface area contributed by atoms with E-state index in [9.17, 15) is 0 Å². The second kappa shape index (κ2) is 4.71. The van der Waals surface area contributed by atoms with Crippen LogP contribution in [0.4, 0.5) is 0 Å². The first kappa shape index (κ1) is 10.6. The molecular formula is C11H15N3. The summed E-state index contributed by atoms with van der Waals surface area (Å²) in [5.41, 5.74) is 0.480. The van der Waals surface area contributed by atoms with E-state index in [4.69, 9.17) is 5.26 Å². The van der Waals surface area contributed by atoms with Crippen molar-refractivity contribution in [2.45, 2.75) is 38.5 Å². The van der Waals surface area contributed by atoms with Gasteiger partial charge in [0, 0.05) is 18.0 Å². The predicted octanol–water partition coefficient (Wildman–Crippen LogP) is 2.45. The maximum atomic E-state index is 9.16. The van der Waals surface area contributed by atoms with Crippen LogP contribution in [0.15, 0.2) is 18.7 Å². The summed E-state index contributed by atoms with van der Waals surface area (Å²) in [7, 11) is 0. The van der Waals surface area contributed by atoms with Crippen LogP contribution in [0.25, 0.3) is 0 Å². The van der Waals surface area contributed by atoms with Crippen LogP contribution in [0.2, 0.25) is 0 Å². The van der Waals surface area contributed by atoms with Gasteiger partial charge in [-0.25, -0.2) is 9.97 Å². The lowest BCUT2D eigenvalue weighted by molar-refractivity contribution is 0.518. The molecule has 0 aliphatic heterocycles. The molecule has 1 atom stereocenters. The molecule has 74 valence electrons. The molecule has 1 aromatic rings. The van der Waals surface area contributed by atoms with Crippen molar-refractivity contribution < 1.29 is 0 Å². The van der Waals surface area contributed by atoms with Gasteiger partial charge in [0.1, 0.15) is 6.33 Å². The van der Waals surface area contributed by atoms with Gasteiger partial charge >= 0.3 is 0 Å². The van der Waals surface area contributed by atoms with Gasteiger partial charge in [0.05, 0.1) is 11.5 Å². The van der Waals surface area contributed by atoms with Crippen LogP contribution in [-0.2, 0) is 5.41 Å². The van der Waals surface area contributed by atoms with Crippen LogP contribution in [0.3, 0.4) is 0 Å². The predicted molar refractivity (Wildman–Crippen MR) is 54.5 cm³/mol. The molecule has 1 aromatic heterocycles. The largest absolute Gasteiger partial charge is 0.244 e. The zero-order valence-corrected chi connectivity index (χ0v) is 8.70. The van der Waals surface area contributed by atoms with Gasteiger partial charge in [0.15, 0.2) is 0 Å². The van der Waals surface area contributed by atoms with Crippen molar-refractivity contribution in [2.75, 3.05) is 0 Å². The highest BCUT2D eigenvalue weighted by Gasteiger charge is 2.25. The molecular weight excluding hydrogens is 174 g/mol. The number of hydrogen-bond donors (Lipinski definition) is 0. The molecule has 3 heteroatoms. The normalized spacial score (nSPS) is 14.4. The highest BCUT2D eigenvalue weighted by molar-refractivity contribution is 5.26. The van der Waals surface area contributed by atoms with E-state index in [-0.39, 0.29) is 0 Å². The highest BCUT2D eigenvalue weighted by atomic mass is 14.8. The van der Waals surface area contributed by atoms with Gasteiger partial charge in [-0.15, -0.1) is 0 Å². The number of unbranched alkanes of at least 4 members (excludes halogenated alkanes) is 1. The van der Waals surface area contributed by atoms with E-state index in [0.29, 0.717) is 0 Å². The third-order valence-electron chi connectivity index (χ3n) is 2.47. The smallest absolute Gasteiger partial charge is 0.115 e. The highest BCUT2D eigenvalue weighted by Crippen LogP contribution is 2.27. The molecule has 0 N–H and O–H groups in total. The molecule has 0 aliphatic rings. The maximum Gasteiger partial charge on any atom is 0.115 e. The van der Waals surface area contributed by atoms with E-state index in [1.807, 2.05) is 6.92 Å². The Balaban J connectivity index is 2.86. The molecule has 0 radical (unpaired) electrons. The summed E-state index contributed by atoms with van der Waals surface area (Å²) in [6.07, 6.45) is 7.97. The quantitative estimate of drug-likeness (QED) is 0.731. The summed E-state index contributed by atoms with van der Waals surface area (Å²) < 4.78 is 0. The zero-order valence-electron chi connectivity index (χ0n) is 8.70. The Morgan fingerprint density at radius 3 is 2.57 bits per heavy atom. The minimum Gasteiger partial charge on any atom is -0.244 e. The van der Waals surface area contributed by atoms with Gasteiger partial charge in [0.25, 0.3) is 0 Å². The van der Waals surface area contributed by atoms with Gasteiger partial charge in [-0.1, -0.05) is 19.8 Å². The van der Waals surface area contributed by atoms with Crippen LogP contribution in [0.1, 0.15) is 38.7 Å². The van der Waals surface area contributed by atoms with E-state index in [2.05, 4.69) is 23.0 Å². The first-order valence-corrected chi connectivity index (χ1v) is 4.89. The minimum absolute atomic E-state index is 0.433. The molecule has 0 saturated heterocycles. The lowest BCUT2D eigenvalue weighted by atomic mass is 9.81. The summed E-state index contributed by atoms with van der Waals surface area (Å²) in [6.45, 7) is 4.07. The van der Waals surface area contributed by atoms with Crippen LogP contribution >= 0.6 is 0 Å². The second-order valence-electron chi connectivity index (χ2n) is 3.67. The minimum atomic E-state index is -0.433. The van der Waals surface area contributed by atoms with Crippen LogP contribution in [-0.4, -0.2) is 9.97 Å². The average Bonchev–Trinajstić information content (AvgIpc) is 2.27. The Hall–Kier alpha value is -1.43. The van der Waals surface area contributed by atoms with Crippen LogP contribution in [0, 0.1) is 11.3 Å². The van der Waals surface area contributed by atoms with E-state index in [0.717, 1.165) is 24.8 Å². The Morgan fingerprint density at radius 2 is 2.07 bits per heavy atom. The lowest BCUT2D eigenvalue weighted by Crippen LogP contribution is -2.19. The van der Waals surface area contributed by atoms with Crippen molar-refractivity contribution in [1.82, 2.24) is 9.97 Å². The second-order valence-corrected chi connectivity index (χ2v) is 3.67. The Bertz CT molecular complexity index is 315. The Labute approximate surface area is 84.8 Å². The SMILES string of the molecule is CCCCC(C)(C#N)c1cncnc1. The van der Waals surface area contributed by atoms with Crippen molar-refractivity contribution in [3.8, 4) is 6.07 Å². The average molecular weight is 189 g/mol. The number of rotatable bonds is 4. The number of nitrogens with zero attached hydrogens (tertiary/aromatic N) is 3. The molecule has 0 fully saturated rings. The van der Waals surface area contributed by atoms with Crippen molar-refractivity contribution in [3.63, 3.8) is 0 Å². The molecule has 0 aliphatic carbocycles. The van der Waals surface area contributed by atoms with Gasteiger partial charge in [0.2, 0.25) is 0 Å². The van der Waals surface area contributed by atoms with E-state index in [1.54, 1.807) is 12.4 Å². The molecule has 1 rings (SSSR count). The molecule has 0 saturated carbocycles. The Kier molecular flexibility index (Phi) is 3.58. The van der Waals surface area contributed by atoms with Crippen molar-refractivity contribution in [2.24, 2.45) is 0 Å². The summed E-state index contributed by atoms with van der Waals surface area (Å²) in [5, 5.41) is 9.16. The third kappa shape index (κ3) is 2.29. The fourth-order valence-corrected chi connectivity index (χ4v) is 1.38. The topological polar surface area (TPSA) is 49.6 Å². The van der Waals surface area contributed by atoms with Crippen molar-refractivity contribution >= 4 is 0 Å². The van der Waals surface area contributed by atoms with Gasteiger partial charge in [-0.3, -0.25) is 0 Å². The van der Waals surface area contributed by atoms with E-state index < -0.39 is 5.41 Å². The monoisotopic (exact) mass is 189 g/mol. The molecule has 1 unspecified atom stereocenters. The molecule has 0 spiro atoms. The van der Waals surface area contributed by atoms with Crippen LogP contribution in [0.5, 0.6) is 0 Å². The molecule has 0 aromatic carbocycles. The summed E-state index contributed by atoms with van der Waals surface area (Å²) in [4.78, 5) is 7.89. The standard InChI is InChI=1S/C11H15N3/c1-3-4-5-11(2,8-12)10-6-13-9-14-7-10/h6-7,9H,3-5H2,1-2H3. The molecule has 0 bridgehead atoms. The van der Waals surface area contributed by atoms with Crippen molar-refractivity contribution in [3.05, 3.63) is 24.3 Å².